The van der Waals surface area contributed by atoms with Gasteiger partial charge in [-0.25, -0.2) is 0 Å². The molecule has 0 atom stereocenters. The highest BCUT2D eigenvalue weighted by Gasteiger charge is 2.19. The van der Waals surface area contributed by atoms with E-state index in [1.54, 1.807) is 0 Å². The first-order valence-corrected chi connectivity index (χ1v) is 8.21. The minimum Gasteiger partial charge on any atom is -0.314 e. The number of unbranched alkanes of at least 4 members (excludes halogenated alkanes) is 3. The van der Waals surface area contributed by atoms with E-state index in [2.05, 4.69) is 48.5 Å². The lowest BCUT2D eigenvalue weighted by atomic mass is 10.1. The second-order valence-electron chi connectivity index (χ2n) is 6.37. The van der Waals surface area contributed by atoms with Gasteiger partial charge in [-0.15, -0.1) is 0 Å². The maximum atomic E-state index is 3.58. The van der Waals surface area contributed by atoms with Gasteiger partial charge >= 0.3 is 0 Å². The molecule has 0 heterocycles. The fourth-order valence-corrected chi connectivity index (χ4v) is 2.54. The number of nitrogens with zero attached hydrogens (tertiary/aromatic N) is 1. The molecule has 0 saturated heterocycles. The molecule has 2 rings (SSSR count). The van der Waals surface area contributed by atoms with Crippen molar-refractivity contribution in [1.29, 1.82) is 0 Å². The molecule has 1 saturated carbocycles. The zero-order chi connectivity index (χ0) is 14.2. The van der Waals surface area contributed by atoms with Crippen molar-refractivity contribution in [3.8, 4) is 0 Å². The Bertz CT molecular complexity index is 368. The van der Waals surface area contributed by atoms with Gasteiger partial charge in [-0.1, -0.05) is 42.7 Å². The Hall–Kier alpha value is -0.860. The van der Waals surface area contributed by atoms with Crippen molar-refractivity contribution in [3.05, 3.63) is 35.4 Å². The van der Waals surface area contributed by atoms with Crippen molar-refractivity contribution in [2.24, 2.45) is 0 Å². The molecule has 0 aliphatic heterocycles. The third-order valence-corrected chi connectivity index (χ3v) is 4.05. The van der Waals surface area contributed by atoms with Crippen LogP contribution in [0, 0.1) is 6.92 Å². The lowest BCUT2D eigenvalue weighted by molar-refractivity contribution is 0.316. The summed E-state index contributed by atoms with van der Waals surface area (Å²) in [5.74, 6) is 0. The van der Waals surface area contributed by atoms with E-state index in [0.29, 0.717) is 0 Å². The second-order valence-corrected chi connectivity index (χ2v) is 6.37. The fraction of sp³-hybridized carbons (Fsp3) is 0.667. The predicted octanol–water partition coefficient (Wildman–Crippen LogP) is 3.74. The minimum atomic E-state index is 0.871. The van der Waals surface area contributed by atoms with Crippen LogP contribution in [0.2, 0.25) is 0 Å². The summed E-state index contributed by atoms with van der Waals surface area (Å²) < 4.78 is 0. The first-order chi connectivity index (χ1) is 9.74. The minimum absolute atomic E-state index is 0.871. The zero-order valence-electron chi connectivity index (χ0n) is 13.2. The van der Waals surface area contributed by atoms with Gasteiger partial charge in [-0.3, -0.25) is 0 Å². The third kappa shape index (κ3) is 6.53. The highest BCUT2D eigenvalue weighted by molar-refractivity contribution is 5.21. The van der Waals surface area contributed by atoms with Crippen LogP contribution >= 0.6 is 0 Å². The lowest BCUT2D eigenvalue weighted by Gasteiger charge is -2.16. The molecule has 2 heteroatoms. The molecule has 1 fully saturated rings. The number of aryl methyl sites for hydroxylation is 1. The van der Waals surface area contributed by atoms with E-state index in [0.717, 1.165) is 12.6 Å². The standard InChI is InChI=1S/C18H30N2/c1-16-7-9-17(10-8-16)15-20(2)14-6-4-3-5-13-19-18-11-12-18/h7-10,18-19H,3-6,11-15H2,1-2H3. The average Bonchev–Trinajstić information content (AvgIpc) is 3.24. The van der Waals surface area contributed by atoms with Crippen LogP contribution in [0.3, 0.4) is 0 Å². The van der Waals surface area contributed by atoms with Crippen molar-refractivity contribution in [2.75, 3.05) is 20.1 Å². The second kappa shape index (κ2) is 8.43. The van der Waals surface area contributed by atoms with Gasteiger partial charge < -0.3 is 10.2 Å². The largest absolute Gasteiger partial charge is 0.314 e. The SMILES string of the molecule is Cc1ccc(CN(C)CCCCCCNC2CC2)cc1. The molecule has 20 heavy (non-hydrogen) atoms. The highest BCUT2D eigenvalue weighted by atomic mass is 15.1. The Labute approximate surface area is 124 Å². The van der Waals surface area contributed by atoms with Crippen LogP contribution in [-0.4, -0.2) is 31.1 Å². The van der Waals surface area contributed by atoms with Crippen LogP contribution < -0.4 is 5.32 Å². The van der Waals surface area contributed by atoms with Crippen LogP contribution in [-0.2, 0) is 6.54 Å². The summed E-state index contributed by atoms with van der Waals surface area (Å²) in [5, 5.41) is 3.58. The van der Waals surface area contributed by atoms with Crippen molar-refractivity contribution in [3.63, 3.8) is 0 Å². The van der Waals surface area contributed by atoms with Crippen LogP contribution in [0.15, 0.2) is 24.3 Å². The number of benzene rings is 1. The Morgan fingerprint density at radius 2 is 1.75 bits per heavy atom. The maximum Gasteiger partial charge on any atom is 0.0230 e. The van der Waals surface area contributed by atoms with E-state index in [1.807, 2.05) is 0 Å². The monoisotopic (exact) mass is 274 g/mol. The molecule has 1 aromatic carbocycles. The van der Waals surface area contributed by atoms with Gasteiger partial charge in [0.2, 0.25) is 0 Å². The summed E-state index contributed by atoms with van der Waals surface area (Å²) >= 11 is 0. The first kappa shape index (κ1) is 15.5. The van der Waals surface area contributed by atoms with Gasteiger partial charge in [-0.2, -0.15) is 0 Å². The van der Waals surface area contributed by atoms with Crippen LogP contribution in [0.25, 0.3) is 0 Å². The quantitative estimate of drug-likeness (QED) is 0.654. The summed E-state index contributed by atoms with van der Waals surface area (Å²) in [4.78, 5) is 2.44. The fourth-order valence-electron chi connectivity index (χ4n) is 2.54. The van der Waals surface area contributed by atoms with Crippen molar-refractivity contribution >= 4 is 0 Å². The lowest BCUT2D eigenvalue weighted by Crippen LogP contribution is -2.19. The molecule has 1 aliphatic carbocycles. The zero-order valence-corrected chi connectivity index (χ0v) is 13.2. The predicted molar refractivity (Wildman–Crippen MR) is 87.0 cm³/mol. The number of hydrogen-bond acceptors (Lipinski definition) is 2. The topological polar surface area (TPSA) is 15.3 Å². The maximum absolute atomic E-state index is 3.58. The normalized spacial score (nSPS) is 14.9. The van der Waals surface area contributed by atoms with Crippen LogP contribution in [0.4, 0.5) is 0 Å². The van der Waals surface area contributed by atoms with Gasteiger partial charge in [0.1, 0.15) is 0 Å². The summed E-state index contributed by atoms with van der Waals surface area (Å²) in [6.07, 6.45) is 8.22. The van der Waals surface area contributed by atoms with Gasteiger partial charge in [0.25, 0.3) is 0 Å². The molecular weight excluding hydrogens is 244 g/mol. The summed E-state index contributed by atoms with van der Waals surface area (Å²) in [7, 11) is 2.23. The van der Waals surface area contributed by atoms with Gasteiger partial charge in [0.15, 0.2) is 0 Å². The summed E-state index contributed by atoms with van der Waals surface area (Å²) in [5.41, 5.74) is 2.77. The highest BCUT2D eigenvalue weighted by Crippen LogP contribution is 2.18. The molecule has 0 spiro atoms. The molecule has 112 valence electrons. The van der Waals surface area contributed by atoms with Crippen molar-refractivity contribution in [2.45, 2.75) is 58.0 Å². The third-order valence-electron chi connectivity index (χ3n) is 4.05. The Morgan fingerprint density at radius 1 is 1.05 bits per heavy atom. The van der Waals surface area contributed by atoms with E-state index < -0.39 is 0 Å². The van der Waals surface area contributed by atoms with Crippen LogP contribution in [0.5, 0.6) is 0 Å². The van der Waals surface area contributed by atoms with E-state index in [1.165, 1.54) is 62.7 Å². The number of rotatable bonds is 10. The molecule has 0 amide bonds. The number of hydrogen-bond donors (Lipinski definition) is 1. The molecule has 2 nitrogen and oxygen atoms in total. The smallest absolute Gasteiger partial charge is 0.0230 e. The molecular formula is C18H30N2. The summed E-state index contributed by atoms with van der Waals surface area (Å²) in [6, 6.07) is 9.77. The first-order valence-electron chi connectivity index (χ1n) is 8.21. The molecule has 0 unspecified atom stereocenters. The Morgan fingerprint density at radius 3 is 2.45 bits per heavy atom. The van der Waals surface area contributed by atoms with Gasteiger partial charge in [-0.05, 0) is 58.3 Å². The average molecular weight is 274 g/mol. The number of nitrogens with one attached hydrogen (secondary N) is 1. The van der Waals surface area contributed by atoms with E-state index >= 15 is 0 Å². The molecule has 0 aromatic heterocycles. The summed E-state index contributed by atoms with van der Waals surface area (Å²) in [6.45, 7) is 5.66. The molecule has 1 aromatic rings. The van der Waals surface area contributed by atoms with Gasteiger partial charge in [0, 0.05) is 12.6 Å². The Kier molecular flexibility index (Phi) is 6.55. The molecule has 0 radical (unpaired) electrons. The van der Waals surface area contributed by atoms with E-state index in [9.17, 15) is 0 Å². The molecule has 1 aliphatic rings. The van der Waals surface area contributed by atoms with Crippen LogP contribution in [0.1, 0.15) is 49.7 Å². The van der Waals surface area contributed by atoms with Gasteiger partial charge in [0.05, 0.1) is 0 Å². The van der Waals surface area contributed by atoms with E-state index in [-0.39, 0.29) is 0 Å². The molecule has 0 bridgehead atoms. The molecule has 1 N–H and O–H groups in total. The van der Waals surface area contributed by atoms with Crippen molar-refractivity contribution in [1.82, 2.24) is 10.2 Å². The van der Waals surface area contributed by atoms with E-state index in [4.69, 9.17) is 0 Å². The Balaban J connectivity index is 1.46. The van der Waals surface area contributed by atoms with Crippen molar-refractivity contribution < 1.29 is 0 Å².